The SMILES string of the molecule is CC(C)(C#N)CCSc1ccc(F)cc1. The van der Waals surface area contributed by atoms with E-state index in [1.807, 2.05) is 13.8 Å². The molecule has 80 valence electrons. The highest BCUT2D eigenvalue weighted by Crippen LogP contribution is 2.25. The average Bonchev–Trinajstić information content (AvgIpc) is 2.21. The van der Waals surface area contributed by atoms with Crippen molar-refractivity contribution in [2.24, 2.45) is 5.41 Å². The second kappa shape index (κ2) is 5.18. The zero-order chi connectivity index (χ0) is 11.3. The maximum absolute atomic E-state index is 12.6. The van der Waals surface area contributed by atoms with Gasteiger partial charge in [0.2, 0.25) is 0 Å². The van der Waals surface area contributed by atoms with Gasteiger partial charge in [-0.15, -0.1) is 11.8 Å². The molecular weight excluding hydrogens is 209 g/mol. The summed E-state index contributed by atoms with van der Waals surface area (Å²) < 4.78 is 12.6. The third-order valence-electron chi connectivity index (χ3n) is 2.11. The number of rotatable bonds is 4. The Hall–Kier alpha value is -1.01. The molecule has 0 aliphatic carbocycles. The summed E-state index contributed by atoms with van der Waals surface area (Å²) in [7, 11) is 0. The van der Waals surface area contributed by atoms with Crippen molar-refractivity contribution < 1.29 is 4.39 Å². The summed E-state index contributed by atoms with van der Waals surface area (Å²) >= 11 is 1.65. The third kappa shape index (κ3) is 4.35. The number of thioether (sulfide) groups is 1. The third-order valence-corrected chi connectivity index (χ3v) is 3.13. The maximum atomic E-state index is 12.6. The summed E-state index contributed by atoms with van der Waals surface area (Å²) in [6, 6.07) is 8.70. The second-order valence-electron chi connectivity index (χ2n) is 4.05. The van der Waals surface area contributed by atoms with Crippen molar-refractivity contribution in [1.82, 2.24) is 0 Å². The van der Waals surface area contributed by atoms with Crippen molar-refractivity contribution in [3.8, 4) is 6.07 Å². The van der Waals surface area contributed by atoms with Gasteiger partial charge >= 0.3 is 0 Å². The van der Waals surface area contributed by atoms with Crippen LogP contribution >= 0.6 is 11.8 Å². The van der Waals surface area contributed by atoms with Crippen LogP contribution in [0.4, 0.5) is 4.39 Å². The Kier molecular flexibility index (Phi) is 4.16. The summed E-state index contributed by atoms with van der Waals surface area (Å²) in [6.45, 7) is 3.86. The minimum Gasteiger partial charge on any atom is -0.207 e. The number of nitrogens with zero attached hydrogens (tertiary/aromatic N) is 1. The molecule has 15 heavy (non-hydrogen) atoms. The van der Waals surface area contributed by atoms with Crippen molar-refractivity contribution in [3.63, 3.8) is 0 Å². The molecule has 0 saturated heterocycles. The highest BCUT2D eigenvalue weighted by atomic mass is 32.2. The summed E-state index contributed by atoms with van der Waals surface area (Å²) in [6.07, 6.45) is 0.839. The molecule has 0 spiro atoms. The number of halogens is 1. The summed E-state index contributed by atoms with van der Waals surface area (Å²) in [5.41, 5.74) is -0.271. The topological polar surface area (TPSA) is 23.8 Å². The zero-order valence-corrected chi connectivity index (χ0v) is 9.77. The summed E-state index contributed by atoms with van der Waals surface area (Å²) in [5.74, 6) is 0.670. The monoisotopic (exact) mass is 223 g/mol. The van der Waals surface area contributed by atoms with E-state index in [0.717, 1.165) is 17.1 Å². The number of hydrogen-bond acceptors (Lipinski definition) is 2. The molecule has 1 rings (SSSR count). The fourth-order valence-electron chi connectivity index (χ4n) is 1.01. The standard InChI is InChI=1S/C12H14FNS/c1-12(2,9-14)7-8-15-11-5-3-10(13)4-6-11/h3-6H,7-8H2,1-2H3. The first-order chi connectivity index (χ1) is 7.03. The Morgan fingerprint density at radius 1 is 1.33 bits per heavy atom. The quantitative estimate of drug-likeness (QED) is 0.724. The van der Waals surface area contributed by atoms with Crippen LogP contribution in [-0.4, -0.2) is 5.75 Å². The molecular formula is C12H14FNS. The van der Waals surface area contributed by atoms with Gasteiger partial charge in [-0.1, -0.05) is 0 Å². The van der Waals surface area contributed by atoms with E-state index in [4.69, 9.17) is 5.26 Å². The molecule has 1 nitrogen and oxygen atoms in total. The minimum absolute atomic E-state index is 0.211. The Bertz CT molecular complexity index is 351. The van der Waals surface area contributed by atoms with Crippen molar-refractivity contribution in [3.05, 3.63) is 30.1 Å². The molecule has 1 aromatic rings. The molecule has 0 bridgehead atoms. The first-order valence-electron chi connectivity index (χ1n) is 4.83. The first-order valence-corrected chi connectivity index (χ1v) is 5.82. The Balaban J connectivity index is 2.39. The lowest BCUT2D eigenvalue weighted by Gasteiger charge is -2.13. The van der Waals surface area contributed by atoms with E-state index in [2.05, 4.69) is 6.07 Å². The van der Waals surface area contributed by atoms with Crippen LogP contribution in [-0.2, 0) is 0 Å². The van der Waals surface area contributed by atoms with Gasteiger partial charge in [-0.25, -0.2) is 4.39 Å². The highest BCUT2D eigenvalue weighted by Gasteiger charge is 2.15. The zero-order valence-electron chi connectivity index (χ0n) is 8.96. The number of nitriles is 1. The molecule has 0 fully saturated rings. The molecule has 0 amide bonds. The van der Waals surface area contributed by atoms with E-state index in [0.29, 0.717) is 0 Å². The lowest BCUT2D eigenvalue weighted by atomic mass is 9.93. The van der Waals surface area contributed by atoms with Crippen LogP contribution in [0.25, 0.3) is 0 Å². The fourth-order valence-corrected chi connectivity index (χ4v) is 2.19. The van der Waals surface area contributed by atoms with Gasteiger partial charge in [0.05, 0.1) is 11.5 Å². The smallest absolute Gasteiger partial charge is 0.123 e. The molecule has 0 radical (unpaired) electrons. The van der Waals surface area contributed by atoms with Gasteiger partial charge in [-0.05, 0) is 50.3 Å². The maximum Gasteiger partial charge on any atom is 0.123 e. The lowest BCUT2D eigenvalue weighted by molar-refractivity contribution is 0.482. The van der Waals surface area contributed by atoms with E-state index in [9.17, 15) is 4.39 Å². The summed E-state index contributed by atoms with van der Waals surface area (Å²) in [4.78, 5) is 1.05. The number of benzene rings is 1. The summed E-state index contributed by atoms with van der Waals surface area (Å²) in [5, 5.41) is 8.82. The lowest BCUT2D eigenvalue weighted by Crippen LogP contribution is -2.08. The molecule has 0 aliphatic rings. The van der Waals surface area contributed by atoms with Gasteiger partial charge in [-0.3, -0.25) is 0 Å². The molecule has 0 heterocycles. The van der Waals surface area contributed by atoms with E-state index in [1.165, 1.54) is 12.1 Å². The second-order valence-corrected chi connectivity index (χ2v) is 5.22. The van der Waals surface area contributed by atoms with E-state index >= 15 is 0 Å². The van der Waals surface area contributed by atoms with Crippen LogP contribution in [0.1, 0.15) is 20.3 Å². The van der Waals surface area contributed by atoms with Crippen molar-refractivity contribution in [2.45, 2.75) is 25.2 Å². The molecule has 0 aliphatic heterocycles. The minimum atomic E-state index is -0.271. The van der Waals surface area contributed by atoms with E-state index in [1.54, 1.807) is 23.9 Å². The molecule has 0 saturated carbocycles. The van der Waals surface area contributed by atoms with Gasteiger partial charge in [0.15, 0.2) is 0 Å². The molecule has 0 unspecified atom stereocenters. The van der Waals surface area contributed by atoms with Crippen LogP contribution in [0.5, 0.6) is 0 Å². The van der Waals surface area contributed by atoms with Crippen LogP contribution in [0, 0.1) is 22.6 Å². The molecule has 0 N–H and O–H groups in total. The van der Waals surface area contributed by atoms with Crippen molar-refractivity contribution >= 4 is 11.8 Å². The molecule has 0 atom stereocenters. The van der Waals surface area contributed by atoms with Gasteiger partial charge in [0.25, 0.3) is 0 Å². The number of hydrogen-bond donors (Lipinski definition) is 0. The Labute approximate surface area is 94.3 Å². The van der Waals surface area contributed by atoms with Gasteiger partial charge < -0.3 is 0 Å². The normalized spacial score (nSPS) is 11.1. The van der Waals surface area contributed by atoms with Gasteiger partial charge in [0, 0.05) is 4.90 Å². The van der Waals surface area contributed by atoms with E-state index in [-0.39, 0.29) is 11.2 Å². The fraction of sp³-hybridized carbons (Fsp3) is 0.417. The van der Waals surface area contributed by atoms with Gasteiger partial charge in [-0.2, -0.15) is 5.26 Å². The average molecular weight is 223 g/mol. The largest absolute Gasteiger partial charge is 0.207 e. The predicted octanol–water partition coefficient (Wildman–Crippen LogP) is 3.86. The van der Waals surface area contributed by atoms with Crippen LogP contribution in [0.15, 0.2) is 29.2 Å². The highest BCUT2D eigenvalue weighted by molar-refractivity contribution is 7.99. The Morgan fingerprint density at radius 3 is 2.47 bits per heavy atom. The Morgan fingerprint density at radius 2 is 1.93 bits per heavy atom. The molecule has 0 aromatic heterocycles. The van der Waals surface area contributed by atoms with Crippen molar-refractivity contribution in [1.29, 1.82) is 5.26 Å². The van der Waals surface area contributed by atoms with E-state index < -0.39 is 0 Å². The van der Waals surface area contributed by atoms with Crippen LogP contribution < -0.4 is 0 Å². The van der Waals surface area contributed by atoms with Crippen LogP contribution in [0.2, 0.25) is 0 Å². The molecule has 1 aromatic carbocycles. The first kappa shape index (κ1) is 12.1. The van der Waals surface area contributed by atoms with Crippen LogP contribution in [0.3, 0.4) is 0 Å². The predicted molar refractivity (Wildman–Crippen MR) is 61.1 cm³/mol. The molecule has 3 heteroatoms. The van der Waals surface area contributed by atoms with Crippen molar-refractivity contribution in [2.75, 3.05) is 5.75 Å². The van der Waals surface area contributed by atoms with Gasteiger partial charge in [0.1, 0.15) is 5.82 Å².